The van der Waals surface area contributed by atoms with E-state index in [-0.39, 0.29) is 0 Å². The van der Waals surface area contributed by atoms with E-state index in [9.17, 15) is 0 Å². The first-order chi connectivity index (χ1) is 10.1. The molecule has 2 heterocycles. The minimum absolute atomic E-state index is 0.398. The summed E-state index contributed by atoms with van der Waals surface area (Å²) in [5, 5.41) is 0.797. The van der Waals surface area contributed by atoms with E-state index in [0.717, 1.165) is 31.7 Å². The van der Waals surface area contributed by atoms with Crippen molar-refractivity contribution in [1.29, 1.82) is 0 Å². The van der Waals surface area contributed by atoms with E-state index < -0.39 is 0 Å². The van der Waals surface area contributed by atoms with Crippen LogP contribution in [0.15, 0.2) is 30.3 Å². The van der Waals surface area contributed by atoms with Crippen molar-refractivity contribution in [2.24, 2.45) is 0 Å². The number of piperazine rings is 1. The number of hydrogen-bond donors (Lipinski definition) is 0. The second-order valence-corrected chi connectivity index (χ2v) is 5.85. The molecule has 0 spiro atoms. The van der Waals surface area contributed by atoms with Crippen molar-refractivity contribution in [3.63, 3.8) is 0 Å². The van der Waals surface area contributed by atoms with E-state index in [1.54, 1.807) is 0 Å². The highest BCUT2D eigenvalue weighted by Gasteiger charge is 2.20. The molecule has 1 aliphatic rings. The molecule has 1 aliphatic heterocycles. The lowest BCUT2D eigenvalue weighted by Gasteiger charge is -2.32. The van der Waals surface area contributed by atoms with Gasteiger partial charge >= 0.3 is 0 Å². The Labute approximate surface area is 134 Å². The zero-order valence-corrected chi connectivity index (χ0v) is 13.3. The summed E-state index contributed by atoms with van der Waals surface area (Å²) in [6, 6.07) is 9.73. The summed E-state index contributed by atoms with van der Waals surface area (Å²) in [7, 11) is 2.11. The molecule has 1 fully saturated rings. The highest BCUT2D eigenvalue weighted by molar-refractivity contribution is 6.37. The van der Waals surface area contributed by atoms with Crippen molar-refractivity contribution >= 4 is 29.2 Å². The maximum atomic E-state index is 6.34. The van der Waals surface area contributed by atoms with Gasteiger partial charge in [-0.3, -0.25) is 0 Å². The number of likely N-dealkylation sites (N-methyl/N-ethyl adjacent to an activating group) is 1. The third-order valence-corrected chi connectivity index (χ3v) is 4.20. The molecule has 0 unspecified atom stereocenters. The molecule has 4 nitrogen and oxygen atoms in total. The van der Waals surface area contributed by atoms with Gasteiger partial charge in [0.05, 0.1) is 5.56 Å². The number of hydrogen-bond acceptors (Lipinski definition) is 4. The Kier molecular flexibility index (Phi) is 4.29. The monoisotopic (exact) mass is 322 g/mol. The van der Waals surface area contributed by atoms with Crippen LogP contribution in [0.3, 0.4) is 0 Å². The van der Waals surface area contributed by atoms with Crippen molar-refractivity contribution in [3.8, 4) is 11.1 Å². The lowest BCUT2D eigenvalue weighted by Crippen LogP contribution is -2.45. The third kappa shape index (κ3) is 3.12. The molecule has 3 rings (SSSR count). The van der Waals surface area contributed by atoms with Crippen molar-refractivity contribution < 1.29 is 0 Å². The molecule has 21 heavy (non-hydrogen) atoms. The topological polar surface area (TPSA) is 32.3 Å². The minimum Gasteiger partial charge on any atom is -0.338 e. The summed E-state index contributed by atoms with van der Waals surface area (Å²) >= 11 is 12.7. The maximum Gasteiger partial charge on any atom is 0.228 e. The van der Waals surface area contributed by atoms with Gasteiger partial charge in [0.15, 0.2) is 0 Å². The van der Waals surface area contributed by atoms with E-state index in [1.165, 1.54) is 0 Å². The van der Waals surface area contributed by atoms with Crippen molar-refractivity contribution in [2.45, 2.75) is 0 Å². The Bertz CT molecular complexity index is 602. The van der Waals surface area contributed by atoms with Gasteiger partial charge in [0.2, 0.25) is 5.95 Å². The molecule has 0 amide bonds. The van der Waals surface area contributed by atoms with Crippen LogP contribution < -0.4 is 4.90 Å². The van der Waals surface area contributed by atoms with E-state index in [1.807, 2.05) is 30.3 Å². The fourth-order valence-electron chi connectivity index (χ4n) is 2.39. The van der Waals surface area contributed by atoms with Crippen molar-refractivity contribution in [2.75, 3.05) is 38.1 Å². The first-order valence-corrected chi connectivity index (χ1v) is 7.62. The van der Waals surface area contributed by atoms with Crippen molar-refractivity contribution in [1.82, 2.24) is 14.9 Å². The Balaban J connectivity index is 1.93. The summed E-state index contributed by atoms with van der Waals surface area (Å²) in [4.78, 5) is 13.3. The summed E-state index contributed by atoms with van der Waals surface area (Å²) in [6.07, 6.45) is 0. The SMILES string of the molecule is CN1CCN(c2nc(Cl)c(-c3ccccc3)c(Cl)n2)CC1. The number of rotatable bonds is 2. The molecule has 2 aromatic rings. The second-order valence-electron chi connectivity index (χ2n) is 5.14. The van der Waals surface area contributed by atoms with Gasteiger partial charge in [0.1, 0.15) is 10.3 Å². The second kappa shape index (κ2) is 6.18. The molecule has 0 radical (unpaired) electrons. The summed E-state index contributed by atoms with van der Waals surface area (Å²) in [5.74, 6) is 0.609. The van der Waals surface area contributed by atoms with Gasteiger partial charge in [-0.05, 0) is 12.6 Å². The molecule has 1 aromatic carbocycles. The number of halogens is 2. The van der Waals surface area contributed by atoms with Crippen LogP contribution >= 0.6 is 23.2 Å². The largest absolute Gasteiger partial charge is 0.338 e. The molecule has 0 atom stereocenters. The van der Waals surface area contributed by atoms with E-state index in [0.29, 0.717) is 21.8 Å². The van der Waals surface area contributed by atoms with Crippen LogP contribution in [0.4, 0.5) is 5.95 Å². The summed E-state index contributed by atoms with van der Waals surface area (Å²) in [5.41, 5.74) is 1.62. The fourth-order valence-corrected chi connectivity index (χ4v) is 2.99. The number of benzene rings is 1. The minimum atomic E-state index is 0.398. The van der Waals surface area contributed by atoms with Crippen LogP contribution in [0, 0.1) is 0 Å². The maximum absolute atomic E-state index is 6.34. The van der Waals surface area contributed by atoms with Gasteiger partial charge < -0.3 is 9.80 Å². The molecular weight excluding hydrogens is 307 g/mol. The molecular formula is C15H16Cl2N4. The average molecular weight is 323 g/mol. The fraction of sp³-hybridized carbons (Fsp3) is 0.333. The van der Waals surface area contributed by atoms with Crippen LogP contribution in [0.5, 0.6) is 0 Å². The van der Waals surface area contributed by atoms with Crippen molar-refractivity contribution in [3.05, 3.63) is 40.6 Å². The normalized spacial score (nSPS) is 16.2. The predicted molar refractivity (Wildman–Crippen MR) is 87.2 cm³/mol. The number of aromatic nitrogens is 2. The van der Waals surface area contributed by atoms with Crippen LogP contribution in [0.25, 0.3) is 11.1 Å². The predicted octanol–water partition coefficient (Wildman–Crippen LogP) is 3.20. The van der Waals surface area contributed by atoms with Gasteiger partial charge in [-0.2, -0.15) is 0 Å². The quantitative estimate of drug-likeness (QED) is 0.795. The lowest BCUT2D eigenvalue weighted by molar-refractivity contribution is 0.311. The molecule has 110 valence electrons. The van der Waals surface area contributed by atoms with E-state index in [2.05, 4.69) is 26.8 Å². The van der Waals surface area contributed by atoms with Gasteiger partial charge in [0, 0.05) is 26.2 Å². The standard InChI is InChI=1S/C15H16Cl2N4/c1-20-7-9-21(10-8-20)15-18-13(16)12(14(17)19-15)11-5-3-2-4-6-11/h2-6H,7-10H2,1H3. The van der Waals surface area contributed by atoms with Gasteiger partial charge in [0.25, 0.3) is 0 Å². The lowest BCUT2D eigenvalue weighted by atomic mass is 10.1. The Morgan fingerprint density at radius 3 is 2.05 bits per heavy atom. The van der Waals surface area contributed by atoms with Crippen LogP contribution in [-0.4, -0.2) is 48.1 Å². The molecule has 0 bridgehead atoms. The Hall–Kier alpha value is -1.36. The van der Waals surface area contributed by atoms with Crippen LogP contribution in [-0.2, 0) is 0 Å². The van der Waals surface area contributed by atoms with Crippen LogP contribution in [0.2, 0.25) is 10.3 Å². The smallest absolute Gasteiger partial charge is 0.228 e. The summed E-state index contributed by atoms with van der Waals surface area (Å²) in [6.45, 7) is 3.74. The first-order valence-electron chi connectivity index (χ1n) is 6.87. The van der Waals surface area contributed by atoms with Crippen LogP contribution in [0.1, 0.15) is 0 Å². The van der Waals surface area contributed by atoms with E-state index in [4.69, 9.17) is 23.2 Å². The first kappa shape index (κ1) is 14.6. The van der Waals surface area contributed by atoms with E-state index >= 15 is 0 Å². The zero-order valence-electron chi connectivity index (χ0n) is 11.8. The highest BCUT2D eigenvalue weighted by atomic mass is 35.5. The third-order valence-electron chi connectivity index (χ3n) is 3.66. The average Bonchev–Trinajstić information content (AvgIpc) is 2.48. The summed E-state index contributed by atoms with van der Waals surface area (Å²) < 4.78 is 0. The molecule has 0 N–H and O–H groups in total. The molecule has 0 aliphatic carbocycles. The zero-order chi connectivity index (χ0) is 14.8. The number of anilines is 1. The molecule has 6 heteroatoms. The molecule has 0 saturated carbocycles. The number of nitrogens with zero attached hydrogens (tertiary/aromatic N) is 4. The van der Waals surface area contributed by atoms with Gasteiger partial charge in [-0.15, -0.1) is 0 Å². The Morgan fingerprint density at radius 1 is 0.905 bits per heavy atom. The Morgan fingerprint density at radius 2 is 1.48 bits per heavy atom. The molecule has 1 aromatic heterocycles. The van der Waals surface area contributed by atoms with Gasteiger partial charge in [-0.1, -0.05) is 53.5 Å². The molecule has 1 saturated heterocycles. The van der Waals surface area contributed by atoms with Gasteiger partial charge in [-0.25, -0.2) is 9.97 Å². The highest BCUT2D eigenvalue weighted by Crippen LogP contribution is 2.33.